The van der Waals surface area contributed by atoms with Crippen LogP contribution in [0.15, 0.2) is 29.8 Å². The van der Waals surface area contributed by atoms with Gasteiger partial charge in [-0.25, -0.2) is 4.79 Å². The number of hydrogen-bond donors (Lipinski definition) is 0. The number of benzene rings is 1. The molecule has 0 aliphatic rings. The highest BCUT2D eigenvalue weighted by molar-refractivity contribution is 6.30. The van der Waals surface area contributed by atoms with E-state index < -0.39 is 5.97 Å². The van der Waals surface area contributed by atoms with Crippen molar-refractivity contribution in [2.24, 2.45) is 0 Å². The monoisotopic (exact) mass is 252 g/mol. The van der Waals surface area contributed by atoms with Crippen molar-refractivity contribution in [3.05, 3.63) is 40.4 Å². The molecule has 0 bridgehead atoms. The van der Waals surface area contributed by atoms with Crippen molar-refractivity contribution in [1.82, 2.24) is 0 Å². The molecule has 4 heteroatoms. The summed E-state index contributed by atoms with van der Waals surface area (Å²) in [6.45, 7) is 3.26. The molecule has 0 saturated heterocycles. The molecule has 0 heterocycles. The average molecular weight is 253 g/mol. The standard InChI is InChI=1S/C13H13ClO3/c1-3-17-13(16)12(9(2)15)8-10-4-6-11(14)7-5-10/h4-8H,3H2,1-2H3/b12-8-. The Morgan fingerprint density at radius 3 is 2.35 bits per heavy atom. The quantitative estimate of drug-likeness (QED) is 0.358. The van der Waals surface area contributed by atoms with Crippen molar-refractivity contribution < 1.29 is 14.3 Å². The molecule has 1 aromatic carbocycles. The summed E-state index contributed by atoms with van der Waals surface area (Å²) in [7, 11) is 0. The highest BCUT2D eigenvalue weighted by Gasteiger charge is 2.15. The molecule has 17 heavy (non-hydrogen) atoms. The van der Waals surface area contributed by atoms with Crippen LogP contribution in [0.1, 0.15) is 19.4 Å². The van der Waals surface area contributed by atoms with E-state index in [4.69, 9.17) is 16.3 Å². The highest BCUT2D eigenvalue weighted by atomic mass is 35.5. The first-order valence-electron chi connectivity index (χ1n) is 5.20. The molecule has 0 atom stereocenters. The maximum Gasteiger partial charge on any atom is 0.341 e. The van der Waals surface area contributed by atoms with Gasteiger partial charge in [0, 0.05) is 5.02 Å². The minimum absolute atomic E-state index is 0.0363. The largest absolute Gasteiger partial charge is 0.462 e. The third-order valence-corrected chi connectivity index (χ3v) is 2.31. The van der Waals surface area contributed by atoms with Gasteiger partial charge in [-0.1, -0.05) is 23.7 Å². The zero-order valence-electron chi connectivity index (χ0n) is 9.70. The Morgan fingerprint density at radius 2 is 1.88 bits per heavy atom. The van der Waals surface area contributed by atoms with E-state index in [1.807, 2.05) is 0 Å². The fourth-order valence-electron chi connectivity index (χ4n) is 1.24. The molecule has 0 amide bonds. The summed E-state index contributed by atoms with van der Waals surface area (Å²) >= 11 is 5.74. The average Bonchev–Trinajstić information content (AvgIpc) is 2.28. The van der Waals surface area contributed by atoms with E-state index in [0.717, 1.165) is 5.56 Å². The molecule has 0 aromatic heterocycles. The lowest BCUT2D eigenvalue weighted by Gasteiger charge is -2.03. The molecule has 0 aliphatic heterocycles. The smallest absolute Gasteiger partial charge is 0.341 e. The third-order valence-electron chi connectivity index (χ3n) is 2.06. The van der Waals surface area contributed by atoms with Crippen LogP contribution in [0.4, 0.5) is 0 Å². The summed E-state index contributed by atoms with van der Waals surface area (Å²) in [4.78, 5) is 22.9. The Morgan fingerprint density at radius 1 is 1.29 bits per heavy atom. The summed E-state index contributed by atoms with van der Waals surface area (Å²) < 4.78 is 4.81. The van der Waals surface area contributed by atoms with Gasteiger partial charge in [0.1, 0.15) is 5.57 Å². The summed E-state index contributed by atoms with van der Waals surface area (Å²) in [6, 6.07) is 6.83. The third kappa shape index (κ3) is 4.04. The summed E-state index contributed by atoms with van der Waals surface area (Å²) in [5.41, 5.74) is 0.766. The first-order chi connectivity index (χ1) is 8.04. The van der Waals surface area contributed by atoms with Gasteiger partial charge in [0.15, 0.2) is 5.78 Å². The van der Waals surface area contributed by atoms with Crippen molar-refractivity contribution in [3.63, 3.8) is 0 Å². The molecule has 1 aromatic rings. The Balaban J connectivity index is 3.02. The van der Waals surface area contributed by atoms with Gasteiger partial charge in [0.05, 0.1) is 6.61 Å². The van der Waals surface area contributed by atoms with E-state index in [0.29, 0.717) is 5.02 Å². The summed E-state index contributed by atoms with van der Waals surface area (Å²) in [5, 5.41) is 0.600. The van der Waals surface area contributed by atoms with Crippen molar-refractivity contribution >= 4 is 29.4 Å². The van der Waals surface area contributed by atoms with Crippen LogP contribution in [-0.4, -0.2) is 18.4 Å². The molecular weight excluding hydrogens is 240 g/mol. The molecule has 0 N–H and O–H groups in total. The van der Waals surface area contributed by atoms with E-state index in [9.17, 15) is 9.59 Å². The van der Waals surface area contributed by atoms with Crippen molar-refractivity contribution in [1.29, 1.82) is 0 Å². The van der Waals surface area contributed by atoms with Crippen LogP contribution in [0.25, 0.3) is 6.08 Å². The number of carbonyl (C=O) groups excluding carboxylic acids is 2. The molecule has 0 fully saturated rings. The van der Waals surface area contributed by atoms with Gasteiger partial charge in [0.2, 0.25) is 0 Å². The molecule has 1 rings (SSSR count). The van der Waals surface area contributed by atoms with Gasteiger partial charge in [-0.05, 0) is 37.6 Å². The number of ether oxygens (including phenoxy) is 1. The fraction of sp³-hybridized carbons (Fsp3) is 0.231. The van der Waals surface area contributed by atoms with E-state index in [2.05, 4.69) is 0 Å². The van der Waals surface area contributed by atoms with Gasteiger partial charge < -0.3 is 4.74 Å². The summed E-state index contributed by atoms with van der Waals surface area (Å²) in [6.07, 6.45) is 1.50. The summed E-state index contributed by atoms with van der Waals surface area (Å²) in [5.74, 6) is -0.923. The Labute approximate surface area is 105 Å². The second kappa shape index (κ2) is 6.21. The zero-order chi connectivity index (χ0) is 12.8. The normalized spacial score (nSPS) is 11.1. The second-order valence-electron chi connectivity index (χ2n) is 3.39. The number of esters is 1. The molecule has 0 spiro atoms. The van der Waals surface area contributed by atoms with Crippen molar-refractivity contribution in [2.45, 2.75) is 13.8 Å². The fourth-order valence-corrected chi connectivity index (χ4v) is 1.36. The van der Waals surface area contributed by atoms with Crippen LogP contribution >= 0.6 is 11.6 Å². The first kappa shape index (κ1) is 13.5. The predicted molar refractivity (Wildman–Crippen MR) is 66.7 cm³/mol. The van der Waals surface area contributed by atoms with E-state index >= 15 is 0 Å². The first-order valence-corrected chi connectivity index (χ1v) is 5.57. The minimum Gasteiger partial charge on any atom is -0.462 e. The van der Waals surface area contributed by atoms with Crippen LogP contribution < -0.4 is 0 Å². The van der Waals surface area contributed by atoms with Crippen molar-refractivity contribution in [3.8, 4) is 0 Å². The van der Waals surface area contributed by atoms with Crippen molar-refractivity contribution in [2.75, 3.05) is 6.61 Å². The maximum atomic E-state index is 11.5. The lowest BCUT2D eigenvalue weighted by Crippen LogP contribution is -2.13. The Kier molecular flexibility index (Phi) is 4.91. The van der Waals surface area contributed by atoms with Crippen LogP contribution in [-0.2, 0) is 14.3 Å². The van der Waals surface area contributed by atoms with Gasteiger partial charge in [-0.2, -0.15) is 0 Å². The topological polar surface area (TPSA) is 43.4 Å². The molecule has 3 nitrogen and oxygen atoms in total. The lowest BCUT2D eigenvalue weighted by atomic mass is 10.1. The van der Waals surface area contributed by atoms with Crippen LogP contribution in [0.2, 0.25) is 5.02 Å². The molecule has 0 aliphatic carbocycles. The molecular formula is C13H13ClO3. The van der Waals surface area contributed by atoms with E-state index in [1.165, 1.54) is 13.0 Å². The van der Waals surface area contributed by atoms with E-state index in [-0.39, 0.29) is 18.0 Å². The number of carbonyl (C=O) groups is 2. The maximum absolute atomic E-state index is 11.5. The van der Waals surface area contributed by atoms with Crippen LogP contribution in [0.5, 0.6) is 0 Å². The van der Waals surface area contributed by atoms with Gasteiger partial charge in [-0.3, -0.25) is 4.79 Å². The highest BCUT2D eigenvalue weighted by Crippen LogP contribution is 2.13. The number of hydrogen-bond acceptors (Lipinski definition) is 3. The van der Waals surface area contributed by atoms with Gasteiger partial charge in [-0.15, -0.1) is 0 Å². The van der Waals surface area contributed by atoms with Crippen LogP contribution in [0.3, 0.4) is 0 Å². The number of halogens is 1. The molecule has 0 unspecified atom stereocenters. The number of ketones is 1. The lowest BCUT2D eigenvalue weighted by molar-refractivity contribution is -0.139. The molecule has 0 saturated carbocycles. The zero-order valence-corrected chi connectivity index (χ0v) is 10.5. The number of rotatable bonds is 4. The van der Waals surface area contributed by atoms with Crippen LogP contribution in [0, 0.1) is 0 Å². The molecule has 0 radical (unpaired) electrons. The van der Waals surface area contributed by atoms with E-state index in [1.54, 1.807) is 31.2 Å². The molecule has 90 valence electrons. The minimum atomic E-state index is -0.602. The second-order valence-corrected chi connectivity index (χ2v) is 3.82. The number of Topliss-reactive ketones (excluding diaryl/α,β-unsaturated/α-hetero) is 1. The van der Waals surface area contributed by atoms with Gasteiger partial charge in [0.25, 0.3) is 0 Å². The van der Waals surface area contributed by atoms with Gasteiger partial charge >= 0.3 is 5.97 Å². The SMILES string of the molecule is CCOC(=O)/C(=C\c1ccc(Cl)cc1)C(C)=O. The Bertz CT molecular complexity index is 446. The predicted octanol–water partition coefficient (Wildman–Crippen LogP) is 2.88. The Hall–Kier alpha value is -1.61.